The number of para-hydroxylation sites is 1. The Morgan fingerprint density at radius 1 is 1.07 bits per heavy atom. The minimum absolute atomic E-state index is 0.779. The van der Waals surface area contributed by atoms with E-state index in [0.29, 0.717) is 0 Å². The SMILES string of the molecule is Cc1ccc2[nH]c3c(Cl)cccc3c2c1. The molecule has 0 spiro atoms. The van der Waals surface area contributed by atoms with Crippen LogP contribution in [0.5, 0.6) is 0 Å². The molecule has 15 heavy (non-hydrogen) atoms. The number of hydrogen-bond acceptors (Lipinski definition) is 0. The predicted octanol–water partition coefficient (Wildman–Crippen LogP) is 4.28. The maximum atomic E-state index is 6.14. The number of rotatable bonds is 0. The van der Waals surface area contributed by atoms with Gasteiger partial charge in [0.25, 0.3) is 0 Å². The Bertz CT molecular complexity index is 652. The molecule has 3 aromatic rings. The van der Waals surface area contributed by atoms with Crippen molar-refractivity contribution in [1.29, 1.82) is 0 Å². The molecule has 0 saturated carbocycles. The Balaban J connectivity index is 2.58. The third kappa shape index (κ3) is 1.24. The van der Waals surface area contributed by atoms with Gasteiger partial charge in [-0.1, -0.05) is 35.4 Å². The highest BCUT2D eigenvalue weighted by Gasteiger charge is 2.05. The van der Waals surface area contributed by atoms with E-state index in [-0.39, 0.29) is 0 Å². The van der Waals surface area contributed by atoms with Gasteiger partial charge < -0.3 is 4.98 Å². The molecular weight excluding hydrogens is 206 g/mol. The van der Waals surface area contributed by atoms with Gasteiger partial charge in [0.15, 0.2) is 0 Å². The summed E-state index contributed by atoms with van der Waals surface area (Å²) in [6, 6.07) is 12.4. The molecule has 1 nitrogen and oxygen atoms in total. The monoisotopic (exact) mass is 215 g/mol. The smallest absolute Gasteiger partial charge is 0.0654 e. The van der Waals surface area contributed by atoms with E-state index in [0.717, 1.165) is 16.1 Å². The zero-order valence-electron chi connectivity index (χ0n) is 8.34. The number of aryl methyl sites for hydroxylation is 1. The number of aromatic amines is 1. The molecule has 0 bridgehead atoms. The molecule has 0 radical (unpaired) electrons. The second kappa shape index (κ2) is 3.01. The van der Waals surface area contributed by atoms with Gasteiger partial charge in [-0.25, -0.2) is 0 Å². The van der Waals surface area contributed by atoms with Crippen molar-refractivity contribution in [2.24, 2.45) is 0 Å². The van der Waals surface area contributed by atoms with Crippen molar-refractivity contribution < 1.29 is 0 Å². The Morgan fingerprint density at radius 2 is 1.93 bits per heavy atom. The molecule has 0 fully saturated rings. The largest absolute Gasteiger partial charge is 0.353 e. The molecule has 0 amide bonds. The van der Waals surface area contributed by atoms with Crippen molar-refractivity contribution in [3.8, 4) is 0 Å². The van der Waals surface area contributed by atoms with Gasteiger partial charge >= 0.3 is 0 Å². The highest BCUT2D eigenvalue weighted by molar-refractivity contribution is 6.36. The second-order valence-corrected chi connectivity index (χ2v) is 4.24. The Kier molecular flexibility index (Phi) is 1.77. The second-order valence-electron chi connectivity index (χ2n) is 3.84. The van der Waals surface area contributed by atoms with Gasteiger partial charge in [0, 0.05) is 16.3 Å². The molecule has 1 heterocycles. The van der Waals surface area contributed by atoms with Crippen molar-refractivity contribution >= 4 is 33.4 Å². The molecule has 2 heteroatoms. The van der Waals surface area contributed by atoms with E-state index < -0.39 is 0 Å². The normalized spacial score (nSPS) is 11.3. The predicted molar refractivity (Wildman–Crippen MR) is 65.6 cm³/mol. The summed E-state index contributed by atoms with van der Waals surface area (Å²) in [5.74, 6) is 0. The Hall–Kier alpha value is -1.47. The van der Waals surface area contributed by atoms with Gasteiger partial charge in [0.2, 0.25) is 0 Å². The fourth-order valence-corrected chi connectivity index (χ4v) is 2.22. The summed E-state index contributed by atoms with van der Waals surface area (Å²) >= 11 is 6.14. The lowest BCUT2D eigenvalue weighted by Crippen LogP contribution is -1.70. The van der Waals surface area contributed by atoms with Crippen LogP contribution in [0.1, 0.15) is 5.56 Å². The summed E-state index contributed by atoms with van der Waals surface area (Å²) in [5.41, 5.74) is 3.44. The molecule has 1 aromatic heterocycles. The van der Waals surface area contributed by atoms with Crippen molar-refractivity contribution in [1.82, 2.24) is 4.98 Å². The average molecular weight is 216 g/mol. The molecule has 2 aromatic carbocycles. The van der Waals surface area contributed by atoms with Crippen LogP contribution in [0.25, 0.3) is 21.8 Å². The Morgan fingerprint density at radius 3 is 2.80 bits per heavy atom. The number of hydrogen-bond donors (Lipinski definition) is 1. The van der Waals surface area contributed by atoms with Gasteiger partial charge in [-0.05, 0) is 25.1 Å². The number of H-pyrrole nitrogens is 1. The molecular formula is C13H10ClN. The topological polar surface area (TPSA) is 15.8 Å². The van der Waals surface area contributed by atoms with E-state index in [9.17, 15) is 0 Å². The molecule has 0 aliphatic carbocycles. The fourth-order valence-electron chi connectivity index (χ4n) is 2.00. The van der Waals surface area contributed by atoms with Crippen LogP contribution < -0.4 is 0 Å². The molecule has 1 N–H and O–H groups in total. The van der Waals surface area contributed by atoms with Crippen LogP contribution in [0.3, 0.4) is 0 Å². The molecule has 0 atom stereocenters. The summed E-state index contributed by atoms with van der Waals surface area (Å²) < 4.78 is 0. The van der Waals surface area contributed by atoms with Crippen LogP contribution in [0.4, 0.5) is 0 Å². The summed E-state index contributed by atoms with van der Waals surface area (Å²) in [7, 11) is 0. The van der Waals surface area contributed by atoms with Crippen LogP contribution in [0, 0.1) is 6.92 Å². The van der Waals surface area contributed by atoms with E-state index >= 15 is 0 Å². The standard InChI is InChI=1S/C13H10ClN/c1-8-5-6-12-10(7-8)9-3-2-4-11(14)13(9)15-12/h2-7,15H,1H3. The molecule has 0 aliphatic heterocycles. The maximum absolute atomic E-state index is 6.14. The zero-order valence-corrected chi connectivity index (χ0v) is 9.10. The highest BCUT2D eigenvalue weighted by atomic mass is 35.5. The van der Waals surface area contributed by atoms with Crippen molar-refractivity contribution in [3.05, 3.63) is 47.0 Å². The van der Waals surface area contributed by atoms with E-state index in [4.69, 9.17) is 11.6 Å². The number of nitrogens with one attached hydrogen (secondary N) is 1. The zero-order chi connectivity index (χ0) is 10.4. The molecule has 0 saturated heterocycles. The first-order valence-electron chi connectivity index (χ1n) is 4.92. The maximum Gasteiger partial charge on any atom is 0.0654 e. The molecule has 0 aliphatic rings. The van der Waals surface area contributed by atoms with Gasteiger partial charge in [-0.2, -0.15) is 0 Å². The lowest BCUT2D eigenvalue weighted by Gasteiger charge is -1.93. The average Bonchev–Trinajstić information content (AvgIpc) is 2.58. The van der Waals surface area contributed by atoms with Crippen LogP contribution in [0.2, 0.25) is 5.02 Å². The summed E-state index contributed by atoms with van der Waals surface area (Å²) in [6.45, 7) is 2.10. The van der Waals surface area contributed by atoms with Gasteiger partial charge in [-0.3, -0.25) is 0 Å². The van der Waals surface area contributed by atoms with Gasteiger partial charge in [0.1, 0.15) is 0 Å². The number of fused-ring (bicyclic) bond motifs is 3. The lowest BCUT2D eigenvalue weighted by atomic mass is 10.1. The first-order valence-corrected chi connectivity index (χ1v) is 5.30. The minimum Gasteiger partial charge on any atom is -0.353 e. The van der Waals surface area contributed by atoms with E-state index in [1.807, 2.05) is 12.1 Å². The molecule has 0 unspecified atom stereocenters. The van der Waals surface area contributed by atoms with Crippen LogP contribution >= 0.6 is 11.6 Å². The summed E-state index contributed by atoms with van der Waals surface area (Å²) in [5, 5.41) is 3.22. The van der Waals surface area contributed by atoms with Crippen LogP contribution in [0.15, 0.2) is 36.4 Å². The number of halogens is 1. The molecule has 3 rings (SSSR count). The third-order valence-corrected chi connectivity index (χ3v) is 3.05. The number of aromatic nitrogens is 1. The first-order chi connectivity index (χ1) is 7.25. The van der Waals surface area contributed by atoms with E-state index in [2.05, 4.69) is 36.2 Å². The van der Waals surface area contributed by atoms with Gasteiger partial charge in [0.05, 0.1) is 10.5 Å². The van der Waals surface area contributed by atoms with E-state index in [1.54, 1.807) is 0 Å². The third-order valence-electron chi connectivity index (χ3n) is 2.74. The van der Waals surface area contributed by atoms with Crippen molar-refractivity contribution in [3.63, 3.8) is 0 Å². The van der Waals surface area contributed by atoms with Gasteiger partial charge in [-0.15, -0.1) is 0 Å². The Labute approximate surface area is 92.7 Å². The highest BCUT2D eigenvalue weighted by Crippen LogP contribution is 2.30. The number of benzene rings is 2. The molecule has 74 valence electrons. The quantitative estimate of drug-likeness (QED) is 0.576. The van der Waals surface area contributed by atoms with E-state index in [1.165, 1.54) is 16.3 Å². The fraction of sp³-hybridized carbons (Fsp3) is 0.0769. The van der Waals surface area contributed by atoms with Crippen LogP contribution in [-0.2, 0) is 0 Å². The van der Waals surface area contributed by atoms with Crippen molar-refractivity contribution in [2.75, 3.05) is 0 Å². The summed E-state index contributed by atoms with van der Waals surface area (Å²) in [6.07, 6.45) is 0. The minimum atomic E-state index is 0.779. The lowest BCUT2D eigenvalue weighted by molar-refractivity contribution is 1.49. The first kappa shape index (κ1) is 8.81. The van der Waals surface area contributed by atoms with Crippen LogP contribution in [-0.4, -0.2) is 4.98 Å². The summed E-state index contributed by atoms with van der Waals surface area (Å²) in [4.78, 5) is 3.34. The van der Waals surface area contributed by atoms with Crippen molar-refractivity contribution in [2.45, 2.75) is 6.92 Å².